The molecule has 4 heteroatoms. The van der Waals surface area contributed by atoms with Gasteiger partial charge in [0.05, 0.1) is 5.69 Å². The molecule has 0 aromatic heterocycles. The van der Waals surface area contributed by atoms with Crippen LogP contribution in [0.2, 0.25) is 0 Å². The first-order chi connectivity index (χ1) is 10.3. The van der Waals surface area contributed by atoms with Gasteiger partial charge in [0.1, 0.15) is 5.75 Å². The predicted molar refractivity (Wildman–Crippen MR) is 84.1 cm³/mol. The van der Waals surface area contributed by atoms with Gasteiger partial charge in [0.2, 0.25) is 0 Å². The molecule has 2 aliphatic rings. The fourth-order valence-electron chi connectivity index (χ4n) is 2.89. The molecule has 21 heavy (non-hydrogen) atoms. The molecule has 0 bridgehead atoms. The minimum atomic E-state index is -0.390. The molecule has 0 saturated heterocycles. The number of carbonyl (C=O) groups is 1. The predicted octanol–water partition coefficient (Wildman–Crippen LogP) is 3.13. The summed E-state index contributed by atoms with van der Waals surface area (Å²) in [5.41, 5.74) is 2.13. The highest BCUT2D eigenvalue weighted by atomic mass is 32.2. The fourth-order valence-corrected chi connectivity index (χ4v) is 3.89. The molecule has 2 heterocycles. The first kappa shape index (κ1) is 12.8. The zero-order valence-electron chi connectivity index (χ0n) is 11.5. The second-order valence-electron chi connectivity index (χ2n) is 5.22. The molecule has 1 atom stereocenters. The standard InChI is InChI=1S/C17H15NO2S/c19-17(15-11-12-5-1-3-7-14(12)20-15)18-9-10-21-16-8-4-2-6-13(16)18/h1-8,15H,9-11H2/t15-/m0/s1. The summed E-state index contributed by atoms with van der Waals surface area (Å²) in [6.07, 6.45) is 0.277. The van der Waals surface area contributed by atoms with Crippen LogP contribution < -0.4 is 9.64 Å². The van der Waals surface area contributed by atoms with Crippen LogP contribution in [0.3, 0.4) is 0 Å². The van der Waals surface area contributed by atoms with Crippen molar-refractivity contribution in [1.29, 1.82) is 0 Å². The molecule has 0 spiro atoms. The second-order valence-corrected chi connectivity index (χ2v) is 6.36. The Kier molecular flexibility index (Phi) is 3.11. The Labute approximate surface area is 127 Å². The topological polar surface area (TPSA) is 29.5 Å². The molecular formula is C17H15NO2S. The van der Waals surface area contributed by atoms with E-state index in [2.05, 4.69) is 6.07 Å². The van der Waals surface area contributed by atoms with Gasteiger partial charge in [-0.2, -0.15) is 0 Å². The number of benzene rings is 2. The Morgan fingerprint density at radius 2 is 1.95 bits per heavy atom. The van der Waals surface area contributed by atoms with Gasteiger partial charge in [-0.25, -0.2) is 0 Å². The van der Waals surface area contributed by atoms with E-state index >= 15 is 0 Å². The number of amides is 1. The summed E-state index contributed by atoms with van der Waals surface area (Å²) in [5.74, 6) is 1.84. The molecule has 0 N–H and O–H groups in total. The van der Waals surface area contributed by atoms with Crippen LogP contribution in [-0.2, 0) is 11.2 Å². The van der Waals surface area contributed by atoms with Crippen LogP contribution in [0.25, 0.3) is 0 Å². The van der Waals surface area contributed by atoms with E-state index in [0.717, 1.165) is 29.3 Å². The molecule has 0 aliphatic carbocycles. The lowest BCUT2D eigenvalue weighted by molar-refractivity contribution is -0.124. The third kappa shape index (κ3) is 2.20. The van der Waals surface area contributed by atoms with E-state index in [9.17, 15) is 4.79 Å². The summed E-state index contributed by atoms with van der Waals surface area (Å²) in [6.45, 7) is 0.747. The van der Waals surface area contributed by atoms with Gasteiger partial charge >= 0.3 is 0 Å². The average molecular weight is 297 g/mol. The molecule has 2 aromatic carbocycles. The number of hydrogen-bond acceptors (Lipinski definition) is 3. The highest BCUT2D eigenvalue weighted by Crippen LogP contribution is 2.36. The van der Waals surface area contributed by atoms with E-state index < -0.39 is 6.10 Å². The van der Waals surface area contributed by atoms with Gasteiger partial charge in [0.25, 0.3) is 5.91 Å². The largest absolute Gasteiger partial charge is 0.480 e. The van der Waals surface area contributed by atoms with Crippen molar-refractivity contribution in [2.45, 2.75) is 17.4 Å². The highest BCUT2D eigenvalue weighted by molar-refractivity contribution is 7.99. The number of nitrogens with zero attached hydrogens (tertiary/aromatic N) is 1. The second kappa shape index (κ2) is 5.11. The molecule has 106 valence electrons. The molecule has 2 aliphatic heterocycles. The van der Waals surface area contributed by atoms with Crippen molar-refractivity contribution in [2.75, 3.05) is 17.2 Å². The lowest BCUT2D eigenvalue weighted by Gasteiger charge is -2.30. The zero-order chi connectivity index (χ0) is 14.2. The highest BCUT2D eigenvalue weighted by Gasteiger charge is 2.34. The molecule has 0 saturated carbocycles. The van der Waals surface area contributed by atoms with E-state index in [1.54, 1.807) is 11.8 Å². The maximum Gasteiger partial charge on any atom is 0.268 e. The molecule has 0 fully saturated rings. The lowest BCUT2D eigenvalue weighted by Crippen LogP contribution is -2.44. The van der Waals surface area contributed by atoms with Crippen molar-refractivity contribution in [1.82, 2.24) is 0 Å². The summed E-state index contributed by atoms with van der Waals surface area (Å²) in [6, 6.07) is 16.0. The quantitative estimate of drug-likeness (QED) is 0.810. The number of ether oxygens (including phenoxy) is 1. The first-order valence-electron chi connectivity index (χ1n) is 7.11. The smallest absolute Gasteiger partial charge is 0.268 e. The number of rotatable bonds is 1. The summed E-state index contributed by atoms with van der Waals surface area (Å²) in [7, 11) is 0. The molecule has 0 radical (unpaired) electrons. The van der Waals surface area contributed by atoms with Crippen molar-refractivity contribution in [3.8, 4) is 5.75 Å². The van der Waals surface area contributed by atoms with Gasteiger partial charge in [-0.15, -0.1) is 11.8 Å². The van der Waals surface area contributed by atoms with Crippen LogP contribution in [0.5, 0.6) is 5.75 Å². The van der Waals surface area contributed by atoms with Crippen LogP contribution in [0.15, 0.2) is 53.4 Å². The van der Waals surface area contributed by atoms with Crippen molar-refractivity contribution >= 4 is 23.4 Å². The number of carbonyl (C=O) groups excluding carboxylic acids is 1. The zero-order valence-corrected chi connectivity index (χ0v) is 12.3. The number of thioether (sulfide) groups is 1. The number of anilines is 1. The maximum atomic E-state index is 12.8. The minimum Gasteiger partial charge on any atom is -0.480 e. The van der Waals surface area contributed by atoms with Crippen LogP contribution in [-0.4, -0.2) is 24.3 Å². The summed E-state index contributed by atoms with van der Waals surface area (Å²) < 4.78 is 5.84. The molecule has 0 unspecified atom stereocenters. The third-order valence-electron chi connectivity index (χ3n) is 3.92. The van der Waals surface area contributed by atoms with Crippen molar-refractivity contribution in [3.05, 3.63) is 54.1 Å². The molecular weight excluding hydrogens is 282 g/mol. The van der Waals surface area contributed by atoms with Gasteiger partial charge in [0.15, 0.2) is 6.10 Å². The van der Waals surface area contributed by atoms with E-state index in [0.29, 0.717) is 6.42 Å². The molecule has 4 rings (SSSR count). The monoisotopic (exact) mass is 297 g/mol. The minimum absolute atomic E-state index is 0.0685. The van der Waals surface area contributed by atoms with E-state index in [1.165, 1.54) is 4.90 Å². The molecule has 1 amide bonds. The van der Waals surface area contributed by atoms with Crippen LogP contribution in [0.1, 0.15) is 5.56 Å². The SMILES string of the molecule is O=C([C@@H]1Cc2ccccc2O1)N1CCSc2ccccc21. The Morgan fingerprint density at radius 1 is 1.14 bits per heavy atom. The van der Waals surface area contributed by atoms with Gasteiger partial charge in [-0.05, 0) is 23.8 Å². The van der Waals surface area contributed by atoms with E-state index in [4.69, 9.17) is 4.74 Å². The van der Waals surface area contributed by atoms with Gasteiger partial charge in [0, 0.05) is 23.6 Å². The Balaban J connectivity index is 1.60. The molecule has 3 nitrogen and oxygen atoms in total. The molecule has 2 aromatic rings. The van der Waals surface area contributed by atoms with E-state index in [-0.39, 0.29) is 5.91 Å². The lowest BCUT2D eigenvalue weighted by atomic mass is 10.1. The third-order valence-corrected chi connectivity index (χ3v) is 4.96. The summed E-state index contributed by atoms with van der Waals surface area (Å²) >= 11 is 1.81. The Bertz CT molecular complexity index is 676. The van der Waals surface area contributed by atoms with Crippen molar-refractivity contribution in [3.63, 3.8) is 0 Å². The van der Waals surface area contributed by atoms with Crippen LogP contribution in [0.4, 0.5) is 5.69 Å². The Hall–Kier alpha value is -1.94. The van der Waals surface area contributed by atoms with Gasteiger partial charge in [-0.1, -0.05) is 30.3 Å². The van der Waals surface area contributed by atoms with Gasteiger partial charge < -0.3 is 9.64 Å². The fraction of sp³-hybridized carbons (Fsp3) is 0.235. The number of hydrogen-bond donors (Lipinski definition) is 0. The summed E-state index contributed by atoms with van der Waals surface area (Å²) in [5, 5.41) is 0. The van der Waals surface area contributed by atoms with Crippen molar-refractivity contribution in [2.24, 2.45) is 0 Å². The number of fused-ring (bicyclic) bond motifs is 2. The van der Waals surface area contributed by atoms with Crippen LogP contribution >= 0.6 is 11.8 Å². The summed E-state index contributed by atoms with van der Waals surface area (Å²) in [4.78, 5) is 15.9. The first-order valence-corrected chi connectivity index (χ1v) is 8.09. The number of para-hydroxylation sites is 2. The van der Waals surface area contributed by atoms with E-state index in [1.807, 2.05) is 47.4 Å². The van der Waals surface area contributed by atoms with Gasteiger partial charge in [-0.3, -0.25) is 4.79 Å². The average Bonchev–Trinajstić information content (AvgIpc) is 2.97. The van der Waals surface area contributed by atoms with Crippen LogP contribution in [0, 0.1) is 0 Å². The van der Waals surface area contributed by atoms with Crippen molar-refractivity contribution < 1.29 is 9.53 Å². The Morgan fingerprint density at radius 3 is 2.86 bits per heavy atom. The maximum absolute atomic E-state index is 12.8. The normalized spacial score (nSPS) is 19.6.